The van der Waals surface area contributed by atoms with Gasteiger partial charge in [0.25, 0.3) is 0 Å². The van der Waals surface area contributed by atoms with Crippen LogP contribution in [0.15, 0.2) is 18.2 Å². The quantitative estimate of drug-likeness (QED) is 0.810. The van der Waals surface area contributed by atoms with E-state index in [0.29, 0.717) is 12.1 Å². The molecule has 1 aromatic rings. The van der Waals surface area contributed by atoms with Crippen LogP contribution in [0.5, 0.6) is 0 Å². The standard InChI is InChI=1S/C13H19F2N/c1-4-13(3,5-2)16-9-10-6-11(14)8-12(15)7-10/h6-8,16H,4-5,9H2,1-3H3. The Kier molecular flexibility index (Phi) is 4.42. The Hall–Kier alpha value is -0.960. The highest BCUT2D eigenvalue weighted by Gasteiger charge is 2.18. The minimum atomic E-state index is -0.522. The molecule has 0 bridgehead atoms. The van der Waals surface area contributed by atoms with Crippen LogP contribution in [0.3, 0.4) is 0 Å². The molecule has 1 rings (SSSR count). The summed E-state index contributed by atoms with van der Waals surface area (Å²) in [6.07, 6.45) is 1.97. The van der Waals surface area contributed by atoms with E-state index >= 15 is 0 Å². The van der Waals surface area contributed by atoms with Crippen molar-refractivity contribution in [1.82, 2.24) is 5.32 Å². The van der Waals surface area contributed by atoms with Gasteiger partial charge in [-0.3, -0.25) is 0 Å². The predicted molar refractivity (Wildman–Crippen MR) is 62.2 cm³/mol. The average Bonchev–Trinajstić information content (AvgIpc) is 2.25. The van der Waals surface area contributed by atoms with Gasteiger partial charge in [0.1, 0.15) is 11.6 Å². The molecule has 3 heteroatoms. The Morgan fingerprint density at radius 3 is 2.00 bits per heavy atom. The molecule has 90 valence electrons. The summed E-state index contributed by atoms with van der Waals surface area (Å²) in [4.78, 5) is 0. The maximum absolute atomic E-state index is 12.9. The van der Waals surface area contributed by atoms with Crippen molar-refractivity contribution < 1.29 is 8.78 Å². The smallest absolute Gasteiger partial charge is 0.126 e. The van der Waals surface area contributed by atoms with Gasteiger partial charge in [0, 0.05) is 18.2 Å². The minimum absolute atomic E-state index is 0.0305. The van der Waals surface area contributed by atoms with E-state index in [1.165, 1.54) is 12.1 Å². The van der Waals surface area contributed by atoms with Crippen molar-refractivity contribution >= 4 is 0 Å². The topological polar surface area (TPSA) is 12.0 Å². The molecule has 0 fully saturated rings. The minimum Gasteiger partial charge on any atom is -0.307 e. The van der Waals surface area contributed by atoms with Gasteiger partial charge in [-0.1, -0.05) is 13.8 Å². The molecule has 0 unspecified atom stereocenters. The first-order chi connectivity index (χ1) is 7.49. The highest BCUT2D eigenvalue weighted by molar-refractivity contribution is 5.17. The summed E-state index contributed by atoms with van der Waals surface area (Å²) in [6.45, 7) is 6.81. The number of nitrogens with one attached hydrogen (secondary N) is 1. The Labute approximate surface area is 95.9 Å². The van der Waals surface area contributed by atoms with Crippen molar-refractivity contribution in [2.24, 2.45) is 0 Å². The fourth-order valence-electron chi connectivity index (χ4n) is 1.53. The second-order valence-corrected chi connectivity index (χ2v) is 4.40. The number of halogens is 2. The van der Waals surface area contributed by atoms with Crippen LogP contribution in [0.4, 0.5) is 8.78 Å². The van der Waals surface area contributed by atoms with E-state index in [0.717, 1.165) is 18.9 Å². The zero-order chi connectivity index (χ0) is 12.2. The first-order valence-corrected chi connectivity index (χ1v) is 5.69. The summed E-state index contributed by atoms with van der Waals surface area (Å²) in [5.74, 6) is -1.04. The molecule has 1 aromatic carbocycles. The largest absolute Gasteiger partial charge is 0.307 e. The Morgan fingerprint density at radius 1 is 1.06 bits per heavy atom. The van der Waals surface area contributed by atoms with E-state index in [1.807, 2.05) is 0 Å². The lowest BCUT2D eigenvalue weighted by atomic mass is 9.95. The van der Waals surface area contributed by atoms with Crippen molar-refractivity contribution in [2.45, 2.75) is 45.7 Å². The zero-order valence-corrected chi connectivity index (χ0v) is 10.1. The second-order valence-electron chi connectivity index (χ2n) is 4.40. The molecule has 1 nitrogen and oxygen atoms in total. The zero-order valence-electron chi connectivity index (χ0n) is 10.1. The van der Waals surface area contributed by atoms with Crippen molar-refractivity contribution in [3.05, 3.63) is 35.4 Å². The van der Waals surface area contributed by atoms with E-state index < -0.39 is 11.6 Å². The molecule has 0 heterocycles. The molecule has 0 radical (unpaired) electrons. The Bertz CT molecular complexity index is 326. The van der Waals surface area contributed by atoms with Crippen molar-refractivity contribution in [1.29, 1.82) is 0 Å². The molecule has 0 aliphatic carbocycles. The summed E-state index contributed by atoms with van der Waals surface area (Å²) in [5.41, 5.74) is 0.675. The monoisotopic (exact) mass is 227 g/mol. The molecular formula is C13H19F2N. The van der Waals surface area contributed by atoms with Crippen molar-refractivity contribution in [3.8, 4) is 0 Å². The third-order valence-corrected chi connectivity index (χ3v) is 3.20. The number of hydrogen-bond acceptors (Lipinski definition) is 1. The first-order valence-electron chi connectivity index (χ1n) is 5.69. The molecule has 0 atom stereocenters. The maximum atomic E-state index is 12.9. The lowest BCUT2D eigenvalue weighted by molar-refractivity contribution is 0.329. The third kappa shape index (κ3) is 3.56. The highest BCUT2D eigenvalue weighted by atomic mass is 19.1. The molecule has 0 saturated carbocycles. The van der Waals surface area contributed by atoms with Gasteiger partial charge < -0.3 is 5.32 Å². The van der Waals surface area contributed by atoms with Gasteiger partial charge >= 0.3 is 0 Å². The van der Waals surface area contributed by atoms with Crippen LogP contribution in [-0.2, 0) is 6.54 Å². The maximum Gasteiger partial charge on any atom is 0.126 e. The third-order valence-electron chi connectivity index (χ3n) is 3.20. The van der Waals surface area contributed by atoms with Gasteiger partial charge in [-0.2, -0.15) is 0 Å². The summed E-state index contributed by atoms with van der Waals surface area (Å²) in [6, 6.07) is 3.62. The summed E-state index contributed by atoms with van der Waals surface area (Å²) in [7, 11) is 0. The molecule has 16 heavy (non-hydrogen) atoms. The SMILES string of the molecule is CCC(C)(CC)NCc1cc(F)cc(F)c1. The number of benzene rings is 1. The predicted octanol–water partition coefficient (Wildman–Crippen LogP) is 3.63. The second kappa shape index (κ2) is 5.39. The van der Waals surface area contributed by atoms with E-state index in [9.17, 15) is 8.78 Å². The van der Waals surface area contributed by atoms with Crippen LogP contribution in [0.25, 0.3) is 0 Å². The first kappa shape index (κ1) is 13.1. The van der Waals surface area contributed by atoms with Crippen LogP contribution in [0.2, 0.25) is 0 Å². The van der Waals surface area contributed by atoms with Crippen LogP contribution >= 0.6 is 0 Å². The van der Waals surface area contributed by atoms with Crippen molar-refractivity contribution in [2.75, 3.05) is 0 Å². The van der Waals surface area contributed by atoms with E-state index in [-0.39, 0.29) is 5.54 Å². The summed E-state index contributed by atoms with van der Waals surface area (Å²) in [5, 5.41) is 3.33. The molecule has 0 saturated heterocycles. The lowest BCUT2D eigenvalue weighted by Gasteiger charge is -2.28. The van der Waals surface area contributed by atoms with Gasteiger partial charge in [-0.05, 0) is 37.5 Å². The summed E-state index contributed by atoms with van der Waals surface area (Å²) >= 11 is 0. The molecule has 0 aromatic heterocycles. The van der Waals surface area contributed by atoms with Crippen molar-refractivity contribution in [3.63, 3.8) is 0 Å². The molecule has 0 spiro atoms. The Balaban J connectivity index is 2.67. The van der Waals surface area contributed by atoms with E-state index in [1.54, 1.807) is 0 Å². The fraction of sp³-hybridized carbons (Fsp3) is 0.538. The Morgan fingerprint density at radius 2 is 1.56 bits per heavy atom. The molecule has 0 aliphatic heterocycles. The molecular weight excluding hydrogens is 208 g/mol. The highest BCUT2D eigenvalue weighted by Crippen LogP contribution is 2.15. The molecule has 0 amide bonds. The molecule has 1 N–H and O–H groups in total. The van der Waals surface area contributed by atoms with E-state index in [4.69, 9.17) is 0 Å². The van der Waals surface area contributed by atoms with Crippen LogP contribution < -0.4 is 5.32 Å². The number of hydrogen-bond donors (Lipinski definition) is 1. The van der Waals surface area contributed by atoms with Crippen LogP contribution in [0, 0.1) is 11.6 Å². The van der Waals surface area contributed by atoms with Crippen LogP contribution in [-0.4, -0.2) is 5.54 Å². The number of rotatable bonds is 5. The average molecular weight is 227 g/mol. The lowest BCUT2D eigenvalue weighted by Crippen LogP contribution is -2.40. The van der Waals surface area contributed by atoms with Crippen LogP contribution in [0.1, 0.15) is 39.2 Å². The van der Waals surface area contributed by atoms with Gasteiger partial charge in [0.2, 0.25) is 0 Å². The fourth-order valence-corrected chi connectivity index (χ4v) is 1.53. The van der Waals surface area contributed by atoms with E-state index in [2.05, 4.69) is 26.1 Å². The van der Waals surface area contributed by atoms with Gasteiger partial charge in [-0.25, -0.2) is 8.78 Å². The summed E-state index contributed by atoms with van der Waals surface area (Å²) < 4.78 is 25.9. The normalized spacial score (nSPS) is 11.8. The van der Waals surface area contributed by atoms with Gasteiger partial charge in [0.05, 0.1) is 0 Å². The van der Waals surface area contributed by atoms with Gasteiger partial charge in [-0.15, -0.1) is 0 Å². The van der Waals surface area contributed by atoms with Gasteiger partial charge in [0.15, 0.2) is 0 Å². The molecule has 0 aliphatic rings.